The normalized spacial score (nSPS) is 14.3. The van der Waals surface area contributed by atoms with Gasteiger partial charge in [-0.1, -0.05) is 18.2 Å². The van der Waals surface area contributed by atoms with Gasteiger partial charge < -0.3 is 19.9 Å². The van der Waals surface area contributed by atoms with Crippen LogP contribution in [-0.2, 0) is 16.1 Å². The number of nitrogen functional groups attached to an aromatic ring is 1. The highest BCUT2D eigenvalue weighted by molar-refractivity contribution is 6.00. The van der Waals surface area contributed by atoms with E-state index >= 15 is 0 Å². The fourth-order valence-electron chi connectivity index (χ4n) is 3.86. The van der Waals surface area contributed by atoms with E-state index in [0.29, 0.717) is 11.1 Å². The van der Waals surface area contributed by atoms with Crippen molar-refractivity contribution in [3.63, 3.8) is 0 Å². The molecule has 1 saturated heterocycles. The molecule has 1 fully saturated rings. The Kier molecular flexibility index (Phi) is 5.24. The van der Waals surface area contributed by atoms with Gasteiger partial charge in [-0.25, -0.2) is 4.68 Å². The van der Waals surface area contributed by atoms with Crippen molar-refractivity contribution in [1.82, 2.24) is 14.3 Å². The van der Waals surface area contributed by atoms with Crippen molar-refractivity contribution >= 4 is 28.4 Å². The van der Waals surface area contributed by atoms with Gasteiger partial charge in [0.2, 0.25) is 0 Å². The van der Waals surface area contributed by atoms with Gasteiger partial charge in [0.25, 0.3) is 5.56 Å². The number of fused-ring (bicyclic) bond motifs is 1. The van der Waals surface area contributed by atoms with Crippen molar-refractivity contribution < 1.29 is 9.53 Å². The second-order valence-electron chi connectivity index (χ2n) is 7.16. The number of esters is 1. The van der Waals surface area contributed by atoms with Crippen LogP contribution in [0.3, 0.4) is 0 Å². The highest BCUT2D eigenvalue weighted by Gasteiger charge is 2.25. The van der Waals surface area contributed by atoms with E-state index in [1.165, 1.54) is 17.2 Å². The Bertz CT molecular complexity index is 1080. The maximum absolute atomic E-state index is 13.1. The Morgan fingerprint density at radius 1 is 1.17 bits per heavy atom. The number of piperidine rings is 1. The molecule has 0 amide bonds. The van der Waals surface area contributed by atoms with Crippen LogP contribution < -0.4 is 16.2 Å². The third-order valence-electron chi connectivity index (χ3n) is 5.17. The predicted octanol–water partition coefficient (Wildman–Crippen LogP) is 2.32. The molecular formula is C21H25N5O3. The molecule has 1 aromatic carbocycles. The van der Waals surface area contributed by atoms with Crippen molar-refractivity contribution in [2.24, 2.45) is 0 Å². The summed E-state index contributed by atoms with van der Waals surface area (Å²) < 4.78 is 8.04. The minimum atomic E-state index is -0.480. The Balaban J connectivity index is 1.92. The van der Waals surface area contributed by atoms with Crippen molar-refractivity contribution in [3.05, 3.63) is 46.9 Å². The summed E-state index contributed by atoms with van der Waals surface area (Å²) in [7, 11) is 0. The molecule has 0 spiro atoms. The first kappa shape index (κ1) is 19.0. The molecule has 29 heavy (non-hydrogen) atoms. The number of anilines is 2. The second-order valence-corrected chi connectivity index (χ2v) is 7.16. The molecule has 2 N–H and O–H groups in total. The fourth-order valence-corrected chi connectivity index (χ4v) is 3.86. The Hall–Kier alpha value is -3.29. The number of carbonyl (C=O) groups is 1. The average Bonchev–Trinajstić information content (AvgIpc) is 3.15. The summed E-state index contributed by atoms with van der Waals surface area (Å²) in [6.07, 6.45) is 4.88. The molecule has 3 heterocycles. The number of carbonyl (C=O) groups excluding carboxylic acids is 1. The number of hydrogen-bond donors (Lipinski definition) is 1. The summed E-state index contributed by atoms with van der Waals surface area (Å²) in [6.45, 7) is 3.57. The molecule has 1 aliphatic rings. The highest BCUT2D eigenvalue weighted by atomic mass is 16.5. The van der Waals surface area contributed by atoms with Crippen molar-refractivity contribution in [2.45, 2.75) is 32.7 Å². The highest BCUT2D eigenvalue weighted by Crippen LogP contribution is 2.33. The van der Waals surface area contributed by atoms with Crippen LogP contribution in [-0.4, -0.2) is 40.0 Å². The Morgan fingerprint density at radius 3 is 2.59 bits per heavy atom. The molecule has 152 valence electrons. The lowest BCUT2D eigenvalue weighted by molar-refractivity contribution is -0.143. The van der Waals surface area contributed by atoms with E-state index in [0.717, 1.165) is 37.4 Å². The van der Waals surface area contributed by atoms with E-state index in [1.807, 2.05) is 30.3 Å². The lowest BCUT2D eigenvalue weighted by atomic mass is 10.1. The number of ether oxygens (including phenoxy) is 1. The number of nitrogens with zero attached hydrogens (tertiary/aromatic N) is 4. The summed E-state index contributed by atoms with van der Waals surface area (Å²) >= 11 is 0. The van der Waals surface area contributed by atoms with Crippen LogP contribution in [0, 0.1) is 0 Å². The average molecular weight is 395 g/mol. The summed E-state index contributed by atoms with van der Waals surface area (Å²) in [4.78, 5) is 27.2. The molecule has 0 saturated carbocycles. The quantitative estimate of drug-likeness (QED) is 0.666. The second kappa shape index (κ2) is 7.98. The van der Waals surface area contributed by atoms with Crippen LogP contribution in [0.25, 0.3) is 16.6 Å². The third-order valence-corrected chi connectivity index (χ3v) is 5.17. The predicted molar refractivity (Wildman–Crippen MR) is 112 cm³/mol. The van der Waals surface area contributed by atoms with E-state index in [-0.39, 0.29) is 24.2 Å². The molecule has 4 rings (SSSR count). The van der Waals surface area contributed by atoms with E-state index in [4.69, 9.17) is 10.5 Å². The number of pyridine rings is 1. The van der Waals surface area contributed by atoms with Gasteiger partial charge in [0.15, 0.2) is 5.52 Å². The largest absolute Gasteiger partial charge is 0.465 e. The first-order valence-corrected chi connectivity index (χ1v) is 9.97. The topological polar surface area (TPSA) is 95.4 Å². The molecule has 0 unspecified atom stereocenters. The van der Waals surface area contributed by atoms with Crippen LogP contribution in [0.15, 0.2) is 41.3 Å². The number of benzene rings is 1. The van der Waals surface area contributed by atoms with E-state index in [2.05, 4.69) is 10.00 Å². The Morgan fingerprint density at radius 2 is 1.90 bits per heavy atom. The van der Waals surface area contributed by atoms with E-state index in [9.17, 15) is 9.59 Å². The fraction of sp³-hybridized carbons (Fsp3) is 0.381. The number of rotatable bonds is 5. The first-order valence-electron chi connectivity index (χ1n) is 9.97. The number of para-hydroxylation sites is 1. The zero-order valence-corrected chi connectivity index (χ0v) is 16.5. The van der Waals surface area contributed by atoms with Gasteiger partial charge in [0.1, 0.15) is 12.4 Å². The lowest BCUT2D eigenvalue weighted by Gasteiger charge is -2.29. The molecule has 2 aromatic heterocycles. The van der Waals surface area contributed by atoms with E-state index < -0.39 is 5.97 Å². The molecule has 3 aromatic rings. The molecule has 0 atom stereocenters. The molecule has 1 aliphatic heterocycles. The maximum Gasteiger partial charge on any atom is 0.326 e. The smallest absolute Gasteiger partial charge is 0.326 e. The Labute approximate surface area is 168 Å². The third kappa shape index (κ3) is 3.57. The van der Waals surface area contributed by atoms with Gasteiger partial charge in [-0.05, 0) is 38.3 Å². The van der Waals surface area contributed by atoms with Gasteiger partial charge >= 0.3 is 5.97 Å². The number of hydrogen-bond acceptors (Lipinski definition) is 6. The van der Waals surface area contributed by atoms with Gasteiger partial charge in [-0.15, -0.1) is 0 Å². The molecule has 0 bridgehead atoms. The number of nitrogens with two attached hydrogens (primary N) is 1. The van der Waals surface area contributed by atoms with Crippen LogP contribution in [0.5, 0.6) is 0 Å². The van der Waals surface area contributed by atoms with E-state index in [1.54, 1.807) is 11.6 Å². The minimum absolute atomic E-state index is 0.190. The van der Waals surface area contributed by atoms with Gasteiger partial charge in [-0.3, -0.25) is 9.59 Å². The van der Waals surface area contributed by atoms with Crippen LogP contribution in [0.1, 0.15) is 26.2 Å². The lowest BCUT2D eigenvalue weighted by Crippen LogP contribution is -2.31. The van der Waals surface area contributed by atoms with Crippen LogP contribution in [0.2, 0.25) is 0 Å². The van der Waals surface area contributed by atoms with Gasteiger partial charge in [0, 0.05) is 19.3 Å². The van der Waals surface area contributed by atoms with Crippen molar-refractivity contribution in [1.29, 1.82) is 0 Å². The zero-order valence-electron chi connectivity index (χ0n) is 16.5. The zero-order chi connectivity index (χ0) is 20.4. The standard InChI is InChI=1S/C21H25N5O3/c1-2-29-17(27)14-25-13-16(22)18-19(21(25)28)23-26(15-9-5-3-6-10-15)20(18)24-11-7-4-8-12-24/h3,5-6,9-10,13H,2,4,7-8,11-12,14,22H2,1H3. The molecule has 0 aliphatic carbocycles. The van der Waals surface area contributed by atoms with Crippen molar-refractivity contribution in [2.75, 3.05) is 30.3 Å². The van der Waals surface area contributed by atoms with Crippen LogP contribution in [0.4, 0.5) is 11.5 Å². The van der Waals surface area contributed by atoms with Crippen LogP contribution >= 0.6 is 0 Å². The van der Waals surface area contributed by atoms with Crippen molar-refractivity contribution in [3.8, 4) is 5.69 Å². The molecular weight excluding hydrogens is 370 g/mol. The molecule has 8 heteroatoms. The summed E-state index contributed by atoms with van der Waals surface area (Å²) in [5, 5.41) is 5.28. The monoisotopic (exact) mass is 395 g/mol. The number of aromatic nitrogens is 3. The SMILES string of the molecule is CCOC(=O)Cn1cc(N)c2c(N3CCCCC3)n(-c3ccccc3)nc2c1=O. The summed E-state index contributed by atoms with van der Waals surface area (Å²) in [6, 6.07) is 9.71. The first-order chi connectivity index (χ1) is 14.1. The minimum Gasteiger partial charge on any atom is -0.465 e. The summed E-state index contributed by atoms with van der Waals surface area (Å²) in [5.74, 6) is 0.357. The molecule has 8 nitrogen and oxygen atoms in total. The van der Waals surface area contributed by atoms with Gasteiger partial charge in [0.05, 0.1) is 23.4 Å². The maximum atomic E-state index is 13.1. The van der Waals surface area contributed by atoms with Gasteiger partial charge in [-0.2, -0.15) is 5.10 Å². The molecule has 0 radical (unpaired) electrons. The summed E-state index contributed by atoms with van der Waals surface area (Å²) in [5.41, 5.74) is 7.58.